The highest BCUT2D eigenvalue weighted by Crippen LogP contribution is 2.23. The van der Waals surface area contributed by atoms with Gasteiger partial charge >= 0.3 is 12.1 Å². The molecular weight excluding hydrogens is 406 g/mol. The third-order valence-corrected chi connectivity index (χ3v) is 7.37. The number of likely N-dealkylation sites (tertiary alicyclic amines) is 1. The van der Waals surface area contributed by atoms with Crippen LogP contribution in [0.1, 0.15) is 20.8 Å². The lowest BCUT2D eigenvalue weighted by molar-refractivity contribution is 0.0191. The van der Waals surface area contributed by atoms with Crippen LogP contribution < -0.4 is 5.32 Å². The molecule has 12 heteroatoms. The maximum absolute atomic E-state index is 12.8. The van der Waals surface area contributed by atoms with Gasteiger partial charge in [0.1, 0.15) is 10.9 Å². The number of carbonyl (C=O) groups is 2. The number of hydrogen-bond donors (Lipinski definition) is 1. The number of urea groups is 1. The van der Waals surface area contributed by atoms with Gasteiger partial charge in [0.15, 0.2) is 5.13 Å². The summed E-state index contributed by atoms with van der Waals surface area (Å²) in [5, 5.41) is 4.24. The van der Waals surface area contributed by atoms with Gasteiger partial charge in [0.05, 0.1) is 0 Å². The molecule has 0 atom stereocenters. The Morgan fingerprint density at radius 2 is 1.82 bits per heavy atom. The first-order chi connectivity index (χ1) is 13.1. The molecule has 0 spiro atoms. The van der Waals surface area contributed by atoms with Crippen LogP contribution in [-0.4, -0.2) is 89.8 Å². The molecule has 156 valence electrons. The summed E-state index contributed by atoms with van der Waals surface area (Å²) in [5.41, 5.74) is -0.588. The van der Waals surface area contributed by atoms with Gasteiger partial charge in [-0.05, 0) is 20.8 Å². The molecule has 0 aromatic carbocycles. The molecule has 0 aliphatic carbocycles. The fourth-order valence-electron chi connectivity index (χ4n) is 2.91. The quantitative estimate of drug-likeness (QED) is 0.771. The Morgan fingerprint density at radius 1 is 1.18 bits per heavy atom. The first-order valence-corrected chi connectivity index (χ1v) is 11.4. The minimum Gasteiger partial charge on any atom is -0.444 e. The lowest BCUT2D eigenvalue weighted by atomic mass is 10.2. The van der Waals surface area contributed by atoms with Crippen LogP contribution in [-0.2, 0) is 14.8 Å². The summed E-state index contributed by atoms with van der Waals surface area (Å²) in [7, 11) is -3.52. The van der Waals surface area contributed by atoms with E-state index in [-0.39, 0.29) is 45.3 Å². The monoisotopic (exact) mass is 431 g/mol. The molecule has 2 fully saturated rings. The third-order valence-electron chi connectivity index (χ3n) is 4.45. The van der Waals surface area contributed by atoms with Gasteiger partial charge in [-0.1, -0.05) is 0 Å². The molecule has 1 N–H and O–H groups in total. The van der Waals surface area contributed by atoms with Crippen molar-refractivity contribution in [2.45, 2.75) is 31.6 Å². The Bertz CT molecular complexity index is 807. The van der Waals surface area contributed by atoms with Crippen molar-refractivity contribution < 1.29 is 22.7 Å². The molecule has 0 bridgehead atoms. The van der Waals surface area contributed by atoms with Crippen molar-refractivity contribution in [1.82, 2.24) is 19.1 Å². The number of sulfonamides is 1. The molecule has 28 heavy (non-hydrogen) atoms. The van der Waals surface area contributed by atoms with Crippen LogP contribution in [0.15, 0.2) is 11.6 Å². The predicted molar refractivity (Wildman–Crippen MR) is 105 cm³/mol. The molecule has 3 heterocycles. The minimum atomic E-state index is -3.52. The summed E-state index contributed by atoms with van der Waals surface area (Å²) >= 11 is 1.30. The van der Waals surface area contributed by atoms with E-state index >= 15 is 0 Å². The third kappa shape index (κ3) is 4.73. The van der Waals surface area contributed by atoms with Crippen molar-refractivity contribution in [2.24, 2.45) is 0 Å². The SMILES string of the molecule is CC(C)(C)OC(=O)N1CCN(S(=O)(=O)C2CN(C(=O)Nc3nccs3)C2)CC1. The Hall–Kier alpha value is -1.92. The van der Waals surface area contributed by atoms with E-state index in [1.807, 2.05) is 0 Å². The summed E-state index contributed by atoms with van der Waals surface area (Å²) in [6, 6.07) is -0.351. The van der Waals surface area contributed by atoms with Crippen molar-refractivity contribution in [2.75, 3.05) is 44.6 Å². The number of rotatable bonds is 3. The first kappa shape index (κ1) is 20.8. The Morgan fingerprint density at radius 3 is 2.36 bits per heavy atom. The average Bonchev–Trinajstić information content (AvgIpc) is 3.04. The van der Waals surface area contributed by atoms with E-state index < -0.39 is 27.0 Å². The van der Waals surface area contributed by atoms with Crippen molar-refractivity contribution in [3.8, 4) is 0 Å². The highest BCUT2D eigenvalue weighted by atomic mass is 32.2. The molecule has 1 aromatic rings. The maximum Gasteiger partial charge on any atom is 0.410 e. The number of ether oxygens (including phenoxy) is 1. The van der Waals surface area contributed by atoms with E-state index in [1.165, 1.54) is 25.4 Å². The molecule has 10 nitrogen and oxygen atoms in total. The molecule has 2 saturated heterocycles. The van der Waals surface area contributed by atoms with Crippen LogP contribution in [0, 0.1) is 0 Å². The molecule has 0 radical (unpaired) electrons. The summed E-state index contributed by atoms with van der Waals surface area (Å²) < 4.78 is 32.3. The zero-order valence-corrected chi connectivity index (χ0v) is 17.8. The van der Waals surface area contributed by atoms with Gasteiger partial charge in [-0.15, -0.1) is 11.3 Å². The average molecular weight is 432 g/mol. The zero-order valence-electron chi connectivity index (χ0n) is 16.1. The molecule has 0 saturated carbocycles. The normalized spacial score (nSPS) is 19.2. The van der Waals surface area contributed by atoms with Crippen LogP contribution in [0.4, 0.5) is 14.7 Å². The van der Waals surface area contributed by atoms with Gasteiger partial charge in [-0.2, -0.15) is 4.31 Å². The van der Waals surface area contributed by atoms with Gasteiger partial charge in [-0.25, -0.2) is 23.0 Å². The van der Waals surface area contributed by atoms with Gasteiger partial charge in [0, 0.05) is 50.8 Å². The molecule has 1 aromatic heterocycles. The number of aromatic nitrogens is 1. The standard InChI is InChI=1S/C16H25N5O5S2/c1-16(2,3)26-15(23)19-5-7-21(8-6-19)28(24,25)12-10-20(11-12)14(22)18-13-17-4-9-27-13/h4,9,12H,5-8,10-11H2,1-3H3,(H,17,18,22). The fourth-order valence-corrected chi connectivity index (χ4v) is 5.26. The fraction of sp³-hybridized carbons (Fsp3) is 0.688. The second-order valence-electron chi connectivity index (χ2n) is 7.71. The molecule has 2 aliphatic rings. The van der Waals surface area contributed by atoms with Crippen molar-refractivity contribution in [3.63, 3.8) is 0 Å². The highest BCUT2D eigenvalue weighted by molar-refractivity contribution is 7.89. The smallest absolute Gasteiger partial charge is 0.410 e. The van der Waals surface area contributed by atoms with E-state index in [9.17, 15) is 18.0 Å². The molecule has 3 amide bonds. The number of amides is 3. The summed E-state index contributed by atoms with van der Waals surface area (Å²) in [6.07, 6.45) is 1.15. The number of thiazole rings is 1. The van der Waals surface area contributed by atoms with Crippen LogP contribution in [0.25, 0.3) is 0 Å². The molecule has 0 unspecified atom stereocenters. The summed E-state index contributed by atoms with van der Waals surface area (Å²) in [5.74, 6) is 0. The lowest BCUT2D eigenvalue weighted by Gasteiger charge is -2.42. The molecule has 3 rings (SSSR count). The van der Waals surface area contributed by atoms with E-state index in [2.05, 4.69) is 10.3 Å². The van der Waals surface area contributed by atoms with Gasteiger partial charge < -0.3 is 14.5 Å². The topological polar surface area (TPSA) is 112 Å². The zero-order chi connectivity index (χ0) is 20.5. The van der Waals surface area contributed by atoms with Gasteiger partial charge in [0.25, 0.3) is 0 Å². The number of nitrogens with zero attached hydrogens (tertiary/aromatic N) is 4. The number of carbonyl (C=O) groups excluding carboxylic acids is 2. The van der Waals surface area contributed by atoms with Crippen molar-refractivity contribution in [3.05, 3.63) is 11.6 Å². The first-order valence-electron chi connectivity index (χ1n) is 8.98. The van der Waals surface area contributed by atoms with Crippen LogP contribution in [0.5, 0.6) is 0 Å². The number of piperazine rings is 1. The van der Waals surface area contributed by atoms with Gasteiger partial charge in [0.2, 0.25) is 10.0 Å². The number of nitrogens with one attached hydrogen (secondary N) is 1. The summed E-state index contributed by atoms with van der Waals surface area (Å²) in [6.45, 7) is 6.69. The lowest BCUT2D eigenvalue weighted by Crippen LogP contribution is -2.62. The number of anilines is 1. The van der Waals surface area contributed by atoms with E-state index in [4.69, 9.17) is 4.74 Å². The molecule has 2 aliphatic heterocycles. The Balaban J connectivity index is 1.47. The van der Waals surface area contributed by atoms with Crippen molar-refractivity contribution in [1.29, 1.82) is 0 Å². The molecular formula is C16H25N5O5S2. The highest BCUT2D eigenvalue weighted by Gasteiger charge is 2.44. The second kappa shape index (κ2) is 7.84. The largest absolute Gasteiger partial charge is 0.444 e. The Kier molecular flexibility index (Phi) is 5.82. The van der Waals surface area contributed by atoms with E-state index in [0.29, 0.717) is 5.13 Å². The van der Waals surface area contributed by atoms with Gasteiger partial charge in [-0.3, -0.25) is 5.32 Å². The Labute approximate surface area is 168 Å². The van der Waals surface area contributed by atoms with Crippen LogP contribution in [0.2, 0.25) is 0 Å². The summed E-state index contributed by atoms with van der Waals surface area (Å²) in [4.78, 5) is 31.1. The second-order valence-corrected chi connectivity index (χ2v) is 10.8. The number of hydrogen-bond acceptors (Lipinski definition) is 7. The van der Waals surface area contributed by atoms with Crippen LogP contribution >= 0.6 is 11.3 Å². The van der Waals surface area contributed by atoms with E-state index in [1.54, 1.807) is 32.3 Å². The minimum absolute atomic E-state index is 0.145. The van der Waals surface area contributed by atoms with Crippen molar-refractivity contribution >= 4 is 38.6 Å². The maximum atomic E-state index is 12.8. The van der Waals surface area contributed by atoms with Crippen LogP contribution in [0.3, 0.4) is 0 Å². The van der Waals surface area contributed by atoms with E-state index in [0.717, 1.165) is 0 Å². The predicted octanol–water partition coefficient (Wildman–Crippen LogP) is 1.24.